The molecule has 0 saturated carbocycles. The summed E-state index contributed by atoms with van der Waals surface area (Å²) in [5.74, 6) is 3.34. The fourth-order valence-electron chi connectivity index (χ4n) is 13.7. The van der Waals surface area contributed by atoms with Gasteiger partial charge in [-0.05, 0) is 220 Å². The molecule has 0 spiro atoms. The normalized spacial score (nSPS) is 13.7. The molecule has 2 atom stereocenters. The maximum Gasteiger partial charge on any atom is 0.410 e. The Morgan fingerprint density at radius 3 is 1.26 bits per heavy atom. The van der Waals surface area contributed by atoms with E-state index in [-0.39, 0.29) is 24.3 Å². The van der Waals surface area contributed by atoms with Crippen LogP contribution in [0.3, 0.4) is 0 Å². The summed E-state index contributed by atoms with van der Waals surface area (Å²) >= 11 is 3.76. The number of nitrogens with zero attached hydrogens (tertiary/aromatic N) is 15. The monoisotopic (exact) mass is 1690 g/mol. The molecule has 14 aromatic rings. The summed E-state index contributed by atoms with van der Waals surface area (Å²) in [6, 6.07) is 45.2. The van der Waals surface area contributed by atoms with E-state index in [0.717, 1.165) is 166 Å². The lowest BCUT2D eigenvalue weighted by Gasteiger charge is -2.34. The van der Waals surface area contributed by atoms with Gasteiger partial charge in [0.2, 0.25) is 11.9 Å². The first kappa shape index (κ1) is 88.8. The first-order valence-electron chi connectivity index (χ1n) is 38.0. The van der Waals surface area contributed by atoms with Gasteiger partial charge in [0.1, 0.15) is 50.6 Å². The molecule has 2 fully saturated rings. The third-order valence-corrected chi connectivity index (χ3v) is 19.3. The van der Waals surface area contributed by atoms with E-state index in [4.69, 9.17) is 79.8 Å². The number of carbonyl (C=O) groups excluding carboxylic acids is 2. The van der Waals surface area contributed by atoms with Crippen molar-refractivity contribution in [2.75, 3.05) is 36.8 Å². The molecule has 16 rings (SSSR count). The first-order valence-corrected chi connectivity index (χ1v) is 40.4. The van der Waals surface area contributed by atoms with Crippen LogP contribution in [0.4, 0.5) is 21.5 Å². The lowest BCUT2D eigenvalue weighted by atomic mass is 10.1. The molecule has 30 nitrogen and oxygen atoms in total. The molecule has 119 heavy (non-hydrogen) atoms. The second kappa shape index (κ2) is 40.5. The van der Waals surface area contributed by atoms with Gasteiger partial charge in [-0.1, -0.05) is 81.7 Å². The maximum atomic E-state index is 12.7. The predicted molar refractivity (Wildman–Crippen MR) is 456 cm³/mol. The molecule has 620 valence electrons. The zero-order valence-electron chi connectivity index (χ0n) is 68.5. The van der Waals surface area contributed by atoms with Gasteiger partial charge in [0.05, 0.1) is 56.5 Å². The summed E-state index contributed by atoms with van der Waals surface area (Å²) < 4.78 is 83.1. The van der Waals surface area contributed by atoms with E-state index in [1.165, 1.54) is 5.56 Å². The van der Waals surface area contributed by atoms with Gasteiger partial charge in [0.25, 0.3) is 0 Å². The largest absolute Gasteiger partial charge is 0.444 e. The van der Waals surface area contributed by atoms with Gasteiger partial charge < -0.3 is 57.2 Å². The van der Waals surface area contributed by atoms with E-state index in [1.807, 2.05) is 182 Å². The van der Waals surface area contributed by atoms with E-state index in [0.29, 0.717) is 43.2 Å². The summed E-state index contributed by atoms with van der Waals surface area (Å²) in [7, 11) is 0. The smallest absolute Gasteiger partial charge is 0.410 e. The van der Waals surface area contributed by atoms with Crippen LogP contribution in [0.5, 0.6) is 0 Å². The minimum absolute atomic E-state index is 0.0155. The second-order valence-electron chi connectivity index (χ2n) is 30.0. The minimum Gasteiger partial charge on any atom is -0.444 e. The Hall–Kier alpha value is -12.6. The number of piperidine rings is 2. The number of halogens is 1. The Morgan fingerprint density at radius 2 is 0.840 bits per heavy atom. The van der Waals surface area contributed by atoms with Gasteiger partial charge >= 0.3 is 46.9 Å². The first-order chi connectivity index (χ1) is 56.9. The molecule has 13 heterocycles. The average molecular weight is 1690 g/mol. The number of carbonyl (C=O) groups is 2. The van der Waals surface area contributed by atoms with E-state index in [2.05, 4.69) is 135 Å². The maximum absolute atomic E-state index is 12.7. The fourth-order valence-corrected chi connectivity index (χ4v) is 13.8. The number of anilines is 2. The number of rotatable bonds is 11. The molecule has 34 heteroatoms. The highest BCUT2D eigenvalue weighted by molar-refractivity contribution is 7.52. The lowest BCUT2D eigenvalue weighted by molar-refractivity contribution is 0.0196. The number of hydrogen-bond donors (Lipinski definition) is 2. The van der Waals surface area contributed by atoms with Crippen molar-refractivity contribution < 1.29 is 57.9 Å². The summed E-state index contributed by atoms with van der Waals surface area (Å²) in [4.78, 5) is 61.2. The van der Waals surface area contributed by atoms with Crippen LogP contribution in [0.1, 0.15) is 118 Å². The summed E-state index contributed by atoms with van der Waals surface area (Å²) in [5.41, 5.74) is 17.6. The molecule has 0 radical (unpaired) electrons. The van der Waals surface area contributed by atoms with Crippen molar-refractivity contribution in [3.05, 3.63) is 221 Å². The topological polar surface area (TPSA) is 369 Å². The number of likely N-dealkylation sites (tertiary alicyclic amines) is 2. The van der Waals surface area contributed by atoms with Crippen molar-refractivity contribution in [1.82, 2.24) is 73.9 Å². The van der Waals surface area contributed by atoms with Gasteiger partial charge in [0, 0.05) is 114 Å². The van der Waals surface area contributed by atoms with Crippen LogP contribution in [-0.2, 0) is 44.2 Å². The number of pyridine rings is 3. The van der Waals surface area contributed by atoms with Gasteiger partial charge in [-0.15, -0.1) is 0 Å². The highest BCUT2D eigenvalue weighted by Crippen LogP contribution is 2.38. The number of amides is 2. The van der Waals surface area contributed by atoms with Gasteiger partial charge in [-0.3, -0.25) is 0 Å². The van der Waals surface area contributed by atoms with Gasteiger partial charge in [-0.2, -0.15) is 25.3 Å². The van der Waals surface area contributed by atoms with Crippen molar-refractivity contribution >= 4 is 103 Å². The summed E-state index contributed by atoms with van der Waals surface area (Å²) in [6.07, 6.45) is 12.9. The van der Waals surface area contributed by atoms with Gasteiger partial charge in [0.15, 0.2) is 0 Å². The molecule has 0 aliphatic carbocycles. The molecule has 2 aliphatic rings. The Kier molecular flexibility index (Phi) is 30.2. The standard InChI is InChI=1S/C33H37N7O3.C19H17N3O.C18H15N3O.C15H23ClN4O2.3O2S/c1-20-17-34-31(35-23-11-10-16-39(18-23)32(41)42-33(4,5)6)37-29(20)26-19-40(24-12-8-7-9-13-24)30-25(26)14-15-27(36-30)28-21(2)38-43-22(28)3;1-12-11-22(15-7-5-4-6-8-15)19-16(12)9-10-17(20-19)18-13(2)21-23-14(18)3;1-12-17(13(2)22-20-12)16-9-8-14-10-11-21(18(14)19-16)15-6-4-3-5-7-15;1-10-8-17-13(19-12(10)16)18-11-6-5-7-20(9-11)14(21)22-15(2,3)4;3*1-3-2/h7-9,12-15,17,19,23H,10-11,16,18H2,1-6H3,(H,34,35,37);4-11H,1-3H3;3-11H,1-2H3;8,11H,5-7,9H2,1-4H3,(H,17,18,19);;;/t23-;;;11-;;;/m0..0.../s1. The number of nitrogens with one attached hydrogen (secondary N) is 2. The molecule has 2 saturated heterocycles. The quantitative estimate of drug-likeness (QED) is 0.114. The highest BCUT2D eigenvalue weighted by Gasteiger charge is 2.31. The molecule has 2 N–H and O–H groups in total. The van der Waals surface area contributed by atoms with Crippen molar-refractivity contribution in [1.29, 1.82) is 0 Å². The molecule has 2 aliphatic heterocycles. The molecule has 2 amide bonds. The Morgan fingerprint density at radius 1 is 0.454 bits per heavy atom. The van der Waals surface area contributed by atoms with Crippen molar-refractivity contribution in [3.8, 4) is 62.1 Å². The summed E-state index contributed by atoms with van der Waals surface area (Å²) in [5, 5.41) is 22.6. The van der Waals surface area contributed by atoms with Crippen molar-refractivity contribution in [3.63, 3.8) is 0 Å². The number of aryl methyl sites for hydroxylation is 9. The third-order valence-electron chi connectivity index (χ3n) is 19.0. The molecule has 11 aromatic heterocycles. The van der Waals surface area contributed by atoms with E-state index < -0.39 is 45.9 Å². The van der Waals surface area contributed by atoms with Crippen LogP contribution in [0, 0.1) is 62.3 Å². The zero-order chi connectivity index (χ0) is 85.8. The van der Waals surface area contributed by atoms with Crippen LogP contribution in [0.25, 0.3) is 95.2 Å². The number of hydrogen-bond acceptors (Lipinski definition) is 25. The Labute approximate surface area is 703 Å². The third kappa shape index (κ3) is 22.8. The second-order valence-corrected chi connectivity index (χ2v) is 30.8. The number of ether oxygens (including phenoxy) is 2. The molecule has 0 bridgehead atoms. The molecular weight excluding hydrogens is 1600 g/mol. The molecule has 0 unspecified atom stereocenters. The van der Waals surface area contributed by atoms with Crippen LogP contribution in [-0.4, -0.2) is 161 Å². The highest BCUT2D eigenvalue weighted by atomic mass is 35.5. The fraction of sp³-hybridized carbons (Fsp3) is 0.318. The Balaban J connectivity index is 0.000000169. The van der Waals surface area contributed by atoms with E-state index in [9.17, 15) is 9.59 Å². The molecule has 3 aromatic carbocycles. The van der Waals surface area contributed by atoms with E-state index >= 15 is 0 Å². The number of benzene rings is 3. The zero-order valence-corrected chi connectivity index (χ0v) is 71.7. The Bertz CT molecular complexity index is 5880. The average Bonchev–Trinajstić information content (AvgIpc) is 1.61. The van der Waals surface area contributed by atoms with Crippen LogP contribution in [0.15, 0.2) is 178 Å². The van der Waals surface area contributed by atoms with Crippen LogP contribution < -0.4 is 10.6 Å². The minimum atomic E-state index is -0.750. The number of fused-ring (bicyclic) bond motifs is 3. The van der Waals surface area contributed by atoms with Crippen molar-refractivity contribution in [2.24, 2.45) is 0 Å². The van der Waals surface area contributed by atoms with Crippen molar-refractivity contribution in [2.45, 2.75) is 153 Å². The van der Waals surface area contributed by atoms with Crippen LogP contribution >= 0.6 is 11.6 Å². The van der Waals surface area contributed by atoms with Crippen LogP contribution in [0.2, 0.25) is 5.15 Å². The predicted octanol–water partition coefficient (Wildman–Crippen LogP) is 17.0. The molecular formula is C85H92ClN17O13S3. The number of aromatic nitrogens is 13. The number of para-hydroxylation sites is 3. The van der Waals surface area contributed by atoms with Gasteiger partial charge in [-0.25, -0.2) is 44.5 Å². The van der Waals surface area contributed by atoms with E-state index in [1.54, 1.807) is 16.0 Å². The lowest BCUT2D eigenvalue weighted by Crippen LogP contribution is -2.47. The summed E-state index contributed by atoms with van der Waals surface area (Å²) in [6.45, 7) is 31.3. The SMILES string of the molecule is Cc1cnc(N[C@H]2CCCN(C(=O)OC(C)(C)C)C2)nc1-c1cn(-c2ccccc2)c2nc(-c3c(C)noc3C)ccc12.Cc1cnc(N[C@H]2CCCN(C(=O)OC(C)(C)C)C2)nc1Cl.Cc1noc(C)c1-c1ccc2c(C)cn(-c3ccccc3)c2n1.Cc1noc(C)c1-c1ccc2ccn(-c3ccccc3)c2n1.O=S=O.O=S=O.O=S=O.